The fourth-order valence-corrected chi connectivity index (χ4v) is 3.68. The lowest BCUT2D eigenvalue weighted by Gasteiger charge is -2.36. The number of aliphatic hydroxyl groups is 1. The Bertz CT molecular complexity index is 503. The van der Waals surface area contributed by atoms with E-state index >= 15 is 0 Å². The van der Waals surface area contributed by atoms with Gasteiger partial charge in [-0.2, -0.15) is 11.3 Å². The van der Waals surface area contributed by atoms with Gasteiger partial charge in [0, 0.05) is 35.1 Å². The van der Waals surface area contributed by atoms with Crippen molar-refractivity contribution in [1.82, 2.24) is 10.3 Å². The predicted octanol–water partition coefficient (Wildman–Crippen LogP) is 2.88. The van der Waals surface area contributed by atoms with Crippen LogP contribution >= 0.6 is 22.7 Å². The van der Waals surface area contributed by atoms with Gasteiger partial charge in [-0.1, -0.05) is 0 Å². The van der Waals surface area contributed by atoms with Gasteiger partial charge in [0.05, 0.1) is 5.60 Å². The topological polar surface area (TPSA) is 45.1 Å². The summed E-state index contributed by atoms with van der Waals surface area (Å²) < 4.78 is 0. The van der Waals surface area contributed by atoms with Gasteiger partial charge in [0.15, 0.2) is 0 Å². The molecular formula is C13H16N2OS2. The van der Waals surface area contributed by atoms with E-state index in [0.29, 0.717) is 6.54 Å². The van der Waals surface area contributed by atoms with Crippen molar-refractivity contribution in [3.8, 4) is 10.6 Å². The second-order valence-electron chi connectivity index (χ2n) is 4.83. The van der Waals surface area contributed by atoms with Crippen LogP contribution in [0.3, 0.4) is 0 Å². The molecule has 2 N–H and O–H groups in total. The highest BCUT2D eigenvalue weighted by molar-refractivity contribution is 7.15. The number of nitrogens with one attached hydrogen (secondary N) is 1. The largest absolute Gasteiger partial charge is 0.389 e. The minimum Gasteiger partial charge on any atom is -0.389 e. The summed E-state index contributed by atoms with van der Waals surface area (Å²) in [6, 6.07) is 2.10. The SMILES string of the molecule is OC1(CNCc2cnc(-c3ccsc3)s2)CCC1. The molecule has 0 unspecified atom stereocenters. The molecule has 2 heterocycles. The Morgan fingerprint density at radius 2 is 2.33 bits per heavy atom. The molecule has 1 saturated carbocycles. The molecule has 3 nitrogen and oxygen atoms in total. The first-order chi connectivity index (χ1) is 8.75. The van der Waals surface area contributed by atoms with Gasteiger partial charge in [-0.15, -0.1) is 11.3 Å². The zero-order valence-electron chi connectivity index (χ0n) is 10.1. The number of thiazole rings is 1. The zero-order chi connectivity index (χ0) is 12.4. The van der Waals surface area contributed by atoms with E-state index in [0.717, 1.165) is 30.8 Å². The lowest BCUT2D eigenvalue weighted by Crippen LogP contribution is -2.45. The molecule has 0 radical (unpaired) electrons. The Morgan fingerprint density at radius 3 is 3.00 bits per heavy atom. The highest BCUT2D eigenvalue weighted by Crippen LogP contribution is 2.31. The second kappa shape index (κ2) is 5.09. The molecule has 96 valence electrons. The fraction of sp³-hybridized carbons (Fsp3) is 0.462. The molecule has 0 spiro atoms. The standard InChI is InChI=1S/C13H16N2OS2/c16-13(3-1-4-13)9-14-6-11-7-15-12(18-11)10-2-5-17-8-10/h2,5,7-8,14,16H,1,3-4,6,9H2. The smallest absolute Gasteiger partial charge is 0.124 e. The molecule has 5 heteroatoms. The van der Waals surface area contributed by atoms with Crippen molar-refractivity contribution < 1.29 is 5.11 Å². The normalized spacial score (nSPS) is 17.6. The van der Waals surface area contributed by atoms with Gasteiger partial charge in [-0.3, -0.25) is 0 Å². The molecule has 0 aromatic carbocycles. The van der Waals surface area contributed by atoms with Crippen molar-refractivity contribution in [1.29, 1.82) is 0 Å². The monoisotopic (exact) mass is 280 g/mol. The summed E-state index contributed by atoms with van der Waals surface area (Å²) in [5, 5.41) is 18.6. The average molecular weight is 280 g/mol. The molecule has 1 aliphatic rings. The van der Waals surface area contributed by atoms with Crippen molar-refractivity contribution in [3.05, 3.63) is 27.9 Å². The molecule has 2 aromatic heterocycles. The van der Waals surface area contributed by atoms with Crippen LogP contribution in [-0.2, 0) is 6.54 Å². The summed E-state index contributed by atoms with van der Waals surface area (Å²) in [6.07, 6.45) is 4.95. The van der Waals surface area contributed by atoms with Gasteiger partial charge in [0.25, 0.3) is 0 Å². The third-order valence-electron chi connectivity index (χ3n) is 3.36. The van der Waals surface area contributed by atoms with Crippen LogP contribution < -0.4 is 5.32 Å². The van der Waals surface area contributed by atoms with Crippen LogP contribution in [-0.4, -0.2) is 22.2 Å². The van der Waals surface area contributed by atoms with Crippen LogP contribution in [0, 0.1) is 0 Å². The number of nitrogens with zero attached hydrogens (tertiary/aromatic N) is 1. The van der Waals surface area contributed by atoms with Crippen LogP contribution in [0.4, 0.5) is 0 Å². The summed E-state index contributed by atoms with van der Waals surface area (Å²) in [4.78, 5) is 5.65. The number of thiophene rings is 1. The maximum atomic E-state index is 9.97. The van der Waals surface area contributed by atoms with E-state index in [4.69, 9.17) is 0 Å². The average Bonchev–Trinajstić information content (AvgIpc) is 2.96. The molecule has 1 fully saturated rings. The number of aromatic nitrogens is 1. The summed E-state index contributed by atoms with van der Waals surface area (Å²) >= 11 is 3.41. The summed E-state index contributed by atoms with van der Waals surface area (Å²) in [5.74, 6) is 0. The van der Waals surface area contributed by atoms with E-state index in [1.54, 1.807) is 22.7 Å². The molecule has 18 heavy (non-hydrogen) atoms. The molecule has 0 saturated heterocycles. The van der Waals surface area contributed by atoms with E-state index in [9.17, 15) is 5.11 Å². The van der Waals surface area contributed by atoms with Crippen molar-refractivity contribution in [2.75, 3.05) is 6.54 Å². The van der Waals surface area contributed by atoms with Crippen molar-refractivity contribution in [3.63, 3.8) is 0 Å². The number of rotatable bonds is 5. The van der Waals surface area contributed by atoms with Gasteiger partial charge in [0.2, 0.25) is 0 Å². The minimum atomic E-state index is -0.444. The third-order valence-corrected chi connectivity index (χ3v) is 5.09. The van der Waals surface area contributed by atoms with E-state index in [2.05, 4.69) is 27.1 Å². The highest BCUT2D eigenvalue weighted by Gasteiger charge is 2.33. The van der Waals surface area contributed by atoms with Gasteiger partial charge < -0.3 is 10.4 Å². The van der Waals surface area contributed by atoms with Crippen LogP contribution in [0.1, 0.15) is 24.1 Å². The lowest BCUT2D eigenvalue weighted by molar-refractivity contribution is -0.0314. The van der Waals surface area contributed by atoms with Crippen molar-refractivity contribution >= 4 is 22.7 Å². The molecule has 0 bridgehead atoms. The quantitative estimate of drug-likeness (QED) is 0.885. The Hall–Kier alpha value is -0.750. The number of hydrogen-bond donors (Lipinski definition) is 2. The van der Waals surface area contributed by atoms with Gasteiger partial charge in [-0.05, 0) is 30.7 Å². The summed E-state index contributed by atoms with van der Waals surface area (Å²) in [6.45, 7) is 1.49. The van der Waals surface area contributed by atoms with E-state index in [1.165, 1.54) is 10.4 Å². The van der Waals surface area contributed by atoms with Crippen molar-refractivity contribution in [2.45, 2.75) is 31.4 Å². The molecule has 0 amide bonds. The van der Waals surface area contributed by atoms with E-state index in [-0.39, 0.29) is 0 Å². The first-order valence-electron chi connectivity index (χ1n) is 6.16. The molecule has 3 rings (SSSR count). The first kappa shape index (κ1) is 12.3. The third kappa shape index (κ3) is 2.64. The Labute approximate surface area is 115 Å². The fourth-order valence-electron chi connectivity index (χ4n) is 2.09. The maximum absolute atomic E-state index is 9.97. The van der Waals surface area contributed by atoms with Crippen LogP contribution in [0.15, 0.2) is 23.0 Å². The van der Waals surface area contributed by atoms with Gasteiger partial charge in [-0.25, -0.2) is 4.98 Å². The Morgan fingerprint density at radius 1 is 1.44 bits per heavy atom. The molecule has 1 aliphatic carbocycles. The Balaban J connectivity index is 1.54. The van der Waals surface area contributed by atoms with Crippen LogP contribution in [0.5, 0.6) is 0 Å². The van der Waals surface area contributed by atoms with Crippen LogP contribution in [0.25, 0.3) is 10.6 Å². The maximum Gasteiger partial charge on any atom is 0.124 e. The van der Waals surface area contributed by atoms with E-state index in [1.807, 2.05) is 6.20 Å². The van der Waals surface area contributed by atoms with Crippen LogP contribution in [0.2, 0.25) is 0 Å². The minimum absolute atomic E-state index is 0.444. The number of hydrogen-bond acceptors (Lipinski definition) is 5. The Kier molecular flexibility index (Phi) is 3.48. The van der Waals surface area contributed by atoms with Gasteiger partial charge >= 0.3 is 0 Å². The van der Waals surface area contributed by atoms with Gasteiger partial charge in [0.1, 0.15) is 5.01 Å². The summed E-state index contributed by atoms with van der Waals surface area (Å²) in [5.41, 5.74) is 0.759. The highest BCUT2D eigenvalue weighted by atomic mass is 32.1. The van der Waals surface area contributed by atoms with E-state index < -0.39 is 5.60 Å². The predicted molar refractivity (Wildman–Crippen MR) is 75.9 cm³/mol. The molecule has 0 aliphatic heterocycles. The summed E-state index contributed by atoms with van der Waals surface area (Å²) in [7, 11) is 0. The zero-order valence-corrected chi connectivity index (χ0v) is 11.7. The lowest BCUT2D eigenvalue weighted by atomic mass is 9.80. The van der Waals surface area contributed by atoms with Crippen molar-refractivity contribution in [2.24, 2.45) is 0 Å². The first-order valence-corrected chi connectivity index (χ1v) is 7.92. The molecule has 0 atom stereocenters. The second-order valence-corrected chi connectivity index (χ2v) is 6.72. The molecular weight excluding hydrogens is 264 g/mol. The molecule has 2 aromatic rings.